The van der Waals surface area contributed by atoms with E-state index in [4.69, 9.17) is 16.2 Å². The second kappa shape index (κ2) is 5.36. The van der Waals surface area contributed by atoms with Gasteiger partial charge in [0, 0.05) is 11.8 Å². The maximum absolute atomic E-state index is 5.57. The normalized spacial score (nSPS) is 11.7. The van der Waals surface area contributed by atoms with Crippen molar-refractivity contribution >= 4 is 23.4 Å². The van der Waals surface area contributed by atoms with Crippen molar-refractivity contribution < 1.29 is 4.74 Å². The van der Waals surface area contributed by atoms with Gasteiger partial charge in [0.25, 0.3) is 0 Å². The van der Waals surface area contributed by atoms with Crippen LogP contribution >= 0.6 is 11.8 Å². The minimum Gasteiger partial charge on any atom is -0.383 e. The molecule has 0 fully saturated rings. The van der Waals surface area contributed by atoms with Crippen LogP contribution in [0.5, 0.6) is 0 Å². The van der Waals surface area contributed by atoms with Gasteiger partial charge < -0.3 is 16.2 Å². The summed E-state index contributed by atoms with van der Waals surface area (Å²) in [4.78, 5) is 8.12. The Balaban J connectivity index is 2.37. The van der Waals surface area contributed by atoms with E-state index in [0.717, 1.165) is 5.75 Å². The smallest absolute Gasteiger partial charge is 0.191 e. The molecule has 1 aromatic heterocycles. The molecule has 0 saturated carbocycles. The highest BCUT2D eigenvalue weighted by atomic mass is 32.2. The van der Waals surface area contributed by atoms with Gasteiger partial charge in [0.05, 0.1) is 12.2 Å². The molecule has 1 heterocycles. The molecule has 0 unspecified atom stereocenters. The lowest BCUT2D eigenvalue weighted by atomic mass is 10.2. The number of hydrogen-bond acceptors (Lipinski definition) is 6. The number of nitrogens with two attached hydrogens (primary N) is 2. The number of ether oxygens (including phenoxy) is 1. The average molecular weight is 242 g/mol. The maximum atomic E-state index is 5.57. The van der Waals surface area contributed by atoms with E-state index in [1.165, 1.54) is 17.8 Å². The zero-order valence-electron chi connectivity index (χ0n) is 9.86. The predicted molar refractivity (Wildman–Crippen MR) is 67.3 cm³/mol. The second-order valence-electron chi connectivity index (χ2n) is 4.31. The predicted octanol–water partition coefficient (Wildman–Crippen LogP) is 1.55. The van der Waals surface area contributed by atoms with E-state index in [1.54, 1.807) is 0 Å². The highest BCUT2D eigenvalue weighted by Crippen LogP contribution is 2.17. The van der Waals surface area contributed by atoms with Crippen LogP contribution in [-0.4, -0.2) is 27.9 Å². The van der Waals surface area contributed by atoms with E-state index in [2.05, 4.69) is 9.97 Å². The quantitative estimate of drug-likeness (QED) is 0.473. The lowest BCUT2D eigenvalue weighted by Gasteiger charge is -2.18. The molecule has 1 aromatic rings. The van der Waals surface area contributed by atoms with E-state index in [1.807, 2.05) is 20.8 Å². The Hall–Kier alpha value is -1.01. The van der Waals surface area contributed by atoms with Crippen molar-refractivity contribution in [1.82, 2.24) is 9.97 Å². The fourth-order valence-corrected chi connectivity index (χ4v) is 1.70. The summed E-state index contributed by atoms with van der Waals surface area (Å²) >= 11 is 1.48. The summed E-state index contributed by atoms with van der Waals surface area (Å²) in [6.45, 7) is 6.71. The van der Waals surface area contributed by atoms with Gasteiger partial charge in [0.15, 0.2) is 5.16 Å². The molecule has 4 N–H and O–H groups in total. The summed E-state index contributed by atoms with van der Waals surface area (Å²) < 4.78 is 5.57. The number of thioether (sulfide) groups is 1. The molecule has 1 rings (SSSR count). The van der Waals surface area contributed by atoms with Crippen LogP contribution in [-0.2, 0) is 4.74 Å². The summed E-state index contributed by atoms with van der Waals surface area (Å²) in [5.41, 5.74) is 11.0. The van der Waals surface area contributed by atoms with Crippen LogP contribution in [0.1, 0.15) is 20.8 Å². The molecule has 0 saturated heterocycles. The number of nitrogens with zero attached hydrogens (tertiary/aromatic N) is 2. The van der Waals surface area contributed by atoms with Crippen molar-refractivity contribution in [3.8, 4) is 0 Å². The maximum Gasteiger partial charge on any atom is 0.191 e. The Morgan fingerprint density at radius 2 is 1.81 bits per heavy atom. The zero-order chi connectivity index (χ0) is 12.2. The Morgan fingerprint density at radius 1 is 1.25 bits per heavy atom. The van der Waals surface area contributed by atoms with Crippen LogP contribution in [0, 0.1) is 0 Å². The van der Waals surface area contributed by atoms with Crippen molar-refractivity contribution in [2.24, 2.45) is 0 Å². The highest BCUT2D eigenvalue weighted by Gasteiger charge is 2.09. The third-order valence-electron chi connectivity index (χ3n) is 1.59. The standard InChI is InChI=1S/C10H18N4OS/c1-10(2,3)15-4-5-16-9-13-7(11)6-8(12)14-9/h6H,4-5H2,1-3H3,(H4,11,12,13,14). The van der Waals surface area contributed by atoms with Crippen LogP contribution < -0.4 is 11.5 Å². The minimum absolute atomic E-state index is 0.115. The molecular weight excluding hydrogens is 224 g/mol. The van der Waals surface area contributed by atoms with Crippen LogP contribution in [0.3, 0.4) is 0 Å². The molecule has 6 heteroatoms. The van der Waals surface area contributed by atoms with Crippen molar-refractivity contribution in [3.05, 3.63) is 6.07 Å². The molecule has 90 valence electrons. The topological polar surface area (TPSA) is 87.0 Å². The first-order valence-corrected chi connectivity index (χ1v) is 6.02. The minimum atomic E-state index is -0.115. The Morgan fingerprint density at radius 3 is 2.31 bits per heavy atom. The number of nitrogen functional groups attached to an aromatic ring is 2. The monoisotopic (exact) mass is 242 g/mol. The van der Waals surface area contributed by atoms with Gasteiger partial charge >= 0.3 is 0 Å². The Labute approximate surface area is 100.0 Å². The van der Waals surface area contributed by atoms with Crippen LogP contribution in [0.4, 0.5) is 11.6 Å². The van der Waals surface area contributed by atoms with Gasteiger partial charge in [0.2, 0.25) is 0 Å². The largest absolute Gasteiger partial charge is 0.383 e. The molecular formula is C10H18N4OS. The van der Waals surface area contributed by atoms with Gasteiger partial charge in [-0.05, 0) is 20.8 Å². The lowest BCUT2D eigenvalue weighted by Crippen LogP contribution is -2.20. The molecule has 16 heavy (non-hydrogen) atoms. The first-order valence-electron chi connectivity index (χ1n) is 5.03. The van der Waals surface area contributed by atoms with Gasteiger partial charge in [-0.3, -0.25) is 0 Å². The molecule has 0 spiro atoms. The first-order chi connectivity index (χ1) is 7.37. The second-order valence-corrected chi connectivity index (χ2v) is 5.37. The number of anilines is 2. The van der Waals surface area contributed by atoms with Gasteiger partial charge in [-0.2, -0.15) is 0 Å². The number of hydrogen-bond donors (Lipinski definition) is 2. The van der Waals surface area contributed by atoms with Crippen LogP contribution in [0.2, 0.25) is 0 Å². The summed E-state index contributed by atoms with van der Waals surface area (Å²) in [6, 6.07) is 1.54. The first kappa shape index (κ1) is 13.1. The third kappa shape index (κ3) is 5.18. The molecule has 0 bridgehead atoms. The van der Waals surface area contributed by atoms with Gasteiger partial charge in [-0.15, -0.1) is 0 Å². The number of aromatic nitrogens is 2. The van der Waals surface area contributed by atoms with Crippen LogP contribution in [0.25, 0.3) is 0 Å². The molecule has 0 aliphatic heterocycles. The van der Waals surface area contributed by atoms with E-state index in [-0.39, 0.29) is 5.60 Å². The molecule has 0 amide bonds. The summed E-state index contributed by atoms with van der Waals surface area (Å²) in [6.07, 6.45) is 0. The van der Waals surface area contributed by atoms with Crippen LogP contribution in [0.15, 0.2) is 11.2 Å². The molecule has 0 atom stereocenters. The van der Waals surface area contributed by atoms with Crippen molar-refractivity contribution in [2.75, 3.05) is 23.8 Å². The van der Waals surface area contributed by atoms with Gasteiger partial charge in [-0.25, -0.2) is 9.97 Å². The Bertz CT molecular complexity index is 331. The summed E-state index contributed by atoms with van der Waals surface area (Å²) in [5.74, 6) is 1.57. The van der Waals surface area contributed by atoms with E-state index < -0.39 is 0 Å². The average Bonchev–Trinajstić information content (AvgIpc) is 2.09. The fourth-order valence-electron chi connectivity index (χ4n) is 1.01. The molecule has 0 aliphatic rings. The lowest BCUT2D eigenvalue weighted by molar-refractivity contribution is 0.00693. The Kier molecular flexibility index (Phi) is 4.37. The van der Waals surface area contributed by atoms with E-state index in [9.17, 15) is 0 Å². The summed E-state index contributed by atoms with van der Waals surface area (Å²) in [5, 5.41) is 0.593. The van der Waals surface area contributed by atoms with E-state index >= 15 is 0 Å². The molecule has 0 aliphatic carbocycles. The number of rotatable bonds is 4. The van der Waals surface area contributed by atoms with Gasteiger partial charge in [0.1, 0.15) is 11.6 Å². The van der Waals surface area contributed by atoms with Gasteiger partial charge in [-0.1, -0.05) is 11.8 Å². The highest BCUT2D eigenvalue weighted by molar-refractivity contribution is 7.99. The molecule has 0 aromatic carbocycles. The SMILES string of the molecule is CC(C)(C)OCCSc1nc(N)cc(N)n1. The molecule has 0 radical (unpaired) electrons. The van der Waals surface area contributed by atoms with Crippen molar-refractivity contribution in [1.29, 1.82) is 0 Å². The third-order valence-corrected chi connectivity index (χ3v) is 2.41. The summed E-state index contributed by atoms with van der Waals surface area (Å²) in [7, 11) is 0. The zero-order valence-corrected chi connectivity index (χ0v) is 10.7. The van der Waals surface area contributed by atoms with Crippen molar-refractivity contribution in [2.45, 2.75) is 31.5 Å². The van der Waals surface area contributed by atoms with Crippen molar-refractivity contribution in [3.63, 3.8) is 0 Å². The van der Waals surface area contributed by atoms with E-state index in [0.29, 0.717) is 23.4 Å². The fraction of sp³-hybridized carbons (Fsp3) is 0.600. The molecule has 5 nitrogen and oxygen atoms in total.